The number of hydrogen-bond acceptors (Lipinski definition) is 3. The summed E-state index contributed by atoms with van der Waals surface area (Å²) in [7, 11) is -3.52. The second-order valence-electron chi connectivity index (χ2n) is 3.94. The molecule has 2 rings (SSSR count). The molecule has 96 valence electrons. The largest absolute Gasteiger partial charge is 0.354 e. The summed E-state index contributed by atoms with van der Waals surface area (Å²) in [5, 5.41) is 3.73. The molecule has 0 bridgehead atoms. The zero-order chi connectivity index (χ0) is 13.0. The number of piperazine rings is 1. The molecule has 5 nitrogen and oxygen atoms in total. The van der Waals surface area contributed by atoms with Crippen LogP contribution in [0.2, 0.25) is 0 Å². The first-order chi connectivity index (χ1) is 8.58. The molecule has 1 N–H and O–H groups in total. The number of nitrogens with zero attached hydrogens (tertiary/aromatic N) is 1. The molecule has 1 aromatic carbocycles. The van der Waals surface area contributed by atoms with Gasteiger partial charge in [-0.05, 0) is 11.6 Å². The summed E-state index contributed by atoms with van der Waals surface area (Å²) >= 11 is 0. The molecule has 0 atom stereocenters. The van der Waals surface area contributed by atoms with Crippen LogP contribution in [0.5, 0.6) is 0 Å². The second kappa shape index (κ2) is 5.32. The third-order valence-electron chi connectivity index (χ3n) is 2.60. The van der Waals surface area contributed by atoms with Gasteiger partial charge in [0.1, 0.15) is 0 Å². The standard InChI is InChI=1S/C12H14N2O3S/c15-12-10-14(8-7-13-12)18(16,17)9-6-11-4-2-1-3-5-11/h1-6,9H,7-8,10H2,(H,13,15)/b9-6+. The molecule has 1 fully saturated rings. The van der Waals surface area contributed by atoms with E-state index in [0.717, 1.165) is 11.0 Å². The maximum absolute atomic E-state index is 12.0. The van der Waals surface area contributed by atoms with Gasteiger partial charge in [0.2, 0.25) is 15.9 Å². The maximum atomic E-state index is 12.0. The molecule has 1 heterocycles. The molecule has 0 spiro atoms. The minimum Gasteiger partial charge on any atom is -0.354 e. The van der Waals surface area contributed by atoms with Gasteiger partial charge in [0, 0.05) is 18.5 Å². The Balaban J connectivity index is 2.12. The van der Waals surface area contributed by atoms with Gasteiger partial charge in [-0.1, -0.05) is 30.3 Å². The Bertz CT molecular complexity index is 552. The van der Waals surface area contributed by atoms with Crippen molar-refractivity contribution in [1.82, 2.24) is 9.62 Å². The van der Waals surface area contributed by atoms with Crippen molar-refractivity contribution >= 4 is 22.0 Å². The predicted octanol–water partition coefficient (Wildman–Crippen LogP) is 0.419. The van der Waals surface area contributed by atoms with E-state index in [4.69, 9.17) is 0 Å². The molecular formula is C12H14N2O3S. The Labute approximate surface area is 106 Å². The number of carbonyl (C=O) groups is 1. The summed E-state index contributed by atoms with van der Waals surface area (Å²) in [6, 6.07) is 9.16. The number of carbonyl (C=O) groups excluding carboxylic acids is 1. The fraction of sp³-hybridized carbons (Fsp3) is 0.250. The van der Waals surface area contributed by atoms with E-state index >= 15 is 0 Å². The molecule has 0 aromatic heterocycles. The van der Waals surface area contributed by atoms with E-state index in [1.807, 2.05) is 30.3 Å². The van der Waals surface area contributed by atoms with E-state index < -0.39 is 10.0 Å². The highest BCUT2D eigenvalue weighted by Gasteiger charge is 2.25. The van der Waals surface area contributed by atoms with Crippen molar-refractivity contribution in [2.75, 3.05) is 19.6 Å². The number of hydrogen-bond donors (Lipinski definition) is 1. The fourth-order valence-corrected chi connectivity index (χ4v) is 2.79. The quantitative estimate of drug-likeness (QED) is 0.862. The van der Waals surface area contributed by atoms with Crippen LogP contribution < -0.4 is 5.32 Å². The molecule has 1 aliphatic rings. The van der Waals surface area contributed by atoms with Crippen molar-refractivity contribution in [3.05, 3.63) is 41.3 Å². The fourth-order valence-electron chi connectivity index (χ4n) is 1.65. The van der Waals surface area contributed by atoms with Crippen LogP contribution in [0.4, 0.5) is 0 Å². The van der Waals surface area contributed by atoms with E-state index in [1.54, 1.807) is 0 Å². The third kappa shape index (κ3) is 3.18. The SMILES string of the molecule is O=C1CN(S(=O)(=O)/C=C/c2ccccc2)CCN1. The van der Waals surface area contributed by atoms with Crippen molar-refractivity contribution in [3.8, 4) is 0 Å². The van der Waals surface area contributed by atoms with Crippen LogP contribution in [0.3, 0.4) is 0 Å². The van der Waals surface area contributed by atoms with Crippen molar-refractivity contribution in [1.29, 1.82) is 0 Å². The molecule has 0 aliphatic carbocycles. The van der Waals surface area contributed by atoms with Crippen LogP contribution in [0.15, 0.2) is 35.7 Å². The molecule has 18 heavy (non-hydrogen) atoms. The van der Waals surface area contributed by atoms with Crippen molar-refractivity contribution in [2.24, 2.45) is 0 Å². The number of sulfonamides is 1. The Kier molecular flexibility index (Phi) is 3.78. The Morgan fingerprint density at radius 3 is 2.61 bits per heavy atom. The number of rotatable bonds is 3. The van der Waals surface area contributed by atoms with E-state index in [-0.39, 0.29) is 12.5 Å². The van der Waals surface area contributed by atoms with Crippen LogP contribution in [0.25, 0.3) is 6.08 Å². The van der Waals surface area contributed by atoms with Crippen LogP contribution >= 0.6 is 0 Å². The summed E-state index contributed by atoms with van der Waals surface area (Å²) in [5.41, 5.74) is 0.808. The predicted molar refractivity (Wildman–Crippen MR) is 69.0 cm³/mol. The van der Waals surface area contributed by atoms with Gasteiger partial charge in [0.25, 0.3) is 0 Å². The number of nitrogens with one attached hydrogen (secondary N) is 1. The minimum absolute atomic E-state index is 0.110. The normalized spacial score (nSPS) is 17.9. The van der Waals surface area contributed by atoms with Gasteiger partial charge in [-0.15, -0.1) is 0 Å². The van der Waals surface area contributed by atoms with E-state index in [1.165, 1.54) is 10.4 Å². The summed E-state index contributed by atoms with van der Waals surface area (Å²) in [4.78, 5) is 11.2. The molecule has 1 aromatic rings. The first kappa shape index (κ1) is 12.8. The lowest BCUT2D eigenvalue weighted by Gasteiger charge is -2.24. The first-order valence-corrected chi connectivity index (χ1v) is 7.08. The van der Waals surface area contributed by atoms with Gasteiger partial charge in [0.05, 0.1) is 6.54 Å². The Hall–Kier alpha value is -1.66. The molecular weight excluding hydrogens is 252 g/mol. The van der Waals surface area contributed by atoms with Crippen LogP contribution in [-0.4, -0.2) is 38.3 Å². The highest BCUT2D eigenvalue weighted by atomic mass is 32.2. The lowest BCUT2D eigenvalue weighted by atomic mass is 10.2. The molecule has 1 saturated heterocycles. The van der Waals surface area contributed by atoms with Gasteiger partial charge in [-0.25, -0.2) is 8.42 Å². The van der Waals surface area contributed by atoms with Gasteiger partial charge in [0.15, 0.2) is 0 Å². The summed E-state index contributed by atoms with van der Waals surface area (Å²) in [6.45, 7) is 0.561. The van der Waals surface area contributed by atoms with Crippen LogP contribution in [-0.2, 0) is 14.8 Å². The maximum Gasteiger partial charge on any atom is 0.236 e. The lowest BCUT2D eigenvalue weighted by Crippen LogP contribution is -2.49. The van der Waals surface area contributed by atoms with Crippen molar-refractivity contribution < 1.29 is 13.2 Å². The zero-order valence-corrected chi connectivity index (χ0v) is 10.6. The van der Waals surface area contributed by atoms with Gasteiger partial charge in [-0.2, -0.15) is 4.31 Å². The van der Waals surface area contributed by atoms with E-state index in [2.05, 4.69) is 5.32 Å². The van der Waals surface area contributed by atoms with Gasteiger partial charge >= 0.3 is 0 Å². The van der Waals surface area contributed by atoms with E-state index in [9.17, 15) is 13.2 Å². The average Bonchev–Trinajstić information content (AvgIpc) is 2.38. The number of amides is 1. The monoisotopic (exact) mass is 266 g/mol. The number of benzene rings is 1. The van der Waals surface area contributed by atoms with Gasteiger partial charge < -0.3 is 5.32 Å². The summed E-state index contributed by atoms with van der Waals surface area (Å²) < 4.78 is 25.1. The molecule has 6 heteroatoms. The van der Waals surface area contributed by atoms with Crippen LogP contribution in [0.1, 0.15) is 5.56 Å². The molecule has 0 saturated carbocycles. The summed E-state index contributed by atoms with van der Waals surface area (Å²) in [6.07, 6.45) is 1.53. The zero-order valence-electron chi connectivity index (χ0n) is 9.74. The van der Waals surface area contributed by atoms with Gasteiger partial charge in [-0.3, -0.25) is 4.79 Å². The first-order valence-electron chi connectivity index (χ1n) is 5.58. The second-order valence-corrected chi connectivity index (χ2v) is 5.76. The third-order valence-corrected chi connectivity index (χ3v) is 4.11. The molecule has 0 radical (unpaired) electrons. The van der Waals surface area contributed by atoms with E-state index in [0.29, 0.717) is 13.1 Å². The average molecular weight is 266 g/mol. The lowest BCUT2D eigenvalue weighted by molar-refractivity contribution is -0.122. The Morgan fingerprint density at radius 2 is 1.94 bits per heavy atom. The van der Waals surface area contributed by atoms with Crippen molar-refractivity contribution in [3.63, 3.8) is 0 Å². The molecule has 1 aliphatic heterocycles. The molecule has 1 amide bonds. The van der Waals surface area contributed by atoms with Crippen molar-refractivity contribution in [2.45, 2.75) is 0 Å². The smallest absolute Gasteiger partial charge is 0.236 e. The summed E-state index contributed by atoms with van der Waals surface area (Å²) in [5.74, 6) is -0.266. The Morgan fingerprint density at radius 1 is 1.22 bits per heavy atom. The highest BCUT2D eigenvalue weighted by Crippen LogP contribution is 2.08. The topological polar surface area (TPSA) is 66.5 Å². The highest BCUT2D eigenvalue weighted by molar-refractivity contribution is 7.92. The molecule has 0 unspecified atom stereocenters. The van der Waals surface area contributed by atoms with Crippen LogP contribution in [0, 0.1) is 0 Å². The minimum atomic E-state index is -3.52.